The van der Waals surface area contributed by atoms with Crippen LogP contribution in [-0.4, -0.2) is 11.8 Å². The Morgan fingerprint density at radius 1 is 1.42 bits per heavy atom. The molecule has 0 spiro atoms. The van der Waals surface area contributed by atoms with Crippen molar-refractivity contribution in [3.05, 3.63) is 39.8 Å². The molecule has 1 aromatic heterocycles. The van der Waals surface area contributed by atoms with E-state index in [0.717, 1.165) is 28.6 Å². The van der Waals surface area contributed by atoms with Gasteiger partial charge in [-0.05, 0) is 19.9 Å². The van der Waals surface area contributed by atoms with Gasteiger partial charge in [-0.15, -0.1) is 11.3 Å². The van der Waals surface area contributed by atoms with Crippen LogP contribution in [0.15, 0.2) is 24.4 Å². The largest absolute Gasteiger partial charge is 0.454 e. The van der Waals surface area contributed by atoms with E-state index in [1.807, 2.05) is 18.3 Å². The zero-order valence-electron chi connectivity index (χ0n) is 11.0. The summed E-state index contributed by atoms with van der Waals surface area (Å²) in [5.41, 5.74) is 1.12. The van der Waals surface area contributed by atoms with Gasteiger partial charge < -0.3 is 14.8 Å². The lowest BCUT2D eigenvalue weighted by molar-refractivity contribution is 0.173. The highest BCUT2D eigenvalue weighted by Crippen LogP contribution is 2.35. The van der Waals surface area contributed by atoms with Gasteiger partial charge in [0.2, 0.25) is 6.79 Å². The first-order chi connectivity index (χ1) is 9.24. The van der Waals surface area contributed by atoms with E-state index < -0.39 is 0 Å². The molecule has 0 amide bonds. The number of para-hydroxylation sites is 1. The maximum absolute atomic E-state index is 5.50. The maximum Gasteiger partial charge on any atom is 0.231 e. The molecule has 0 saturated heterocycles. The van der Waals surface area contributed by atoms with Crippen LogP contribution in [-0.2, 0) is 6.54 Å². The lowest BCUT2D eigenvalue weighted by atomic mass is 10.2. The number of aryl methyl sites for hydroxylation is 1. The Labute approximate surface area is 116 Å². The van der Waals surface area contributed by atoms with E-state index >= 15 is 0 Å². The number of thiazole rings is 1. The summed E-state index contributed by atoms with van der Waals surface area (Å²) in [5, 5.41) is 4.58. The number of hydrogen-bond acceptors (Lipinski definition) is 5. The van der Waals surface area contributed by atoms with Gasteiger partial charge in [-0.25, -0.2) is 4.98 Å². The maximum atomic E-state index is 5.50. The fourth-order valence-corrected chi connectivity index (χ4v) is 2.85. The standard InChI is InChI=1S/C14H16N2O2S/c1-9-6-16-14(19-9)10(2)15-7-11-4-3-5-12-13(11)18-8-17-12/h3-6,10,15H,7-8H2,1-2H3. The molecule has 1 aliphatic heterocycles. The number of nitrogens with zero attached hydrogens (tertiary/aromatic N) is 1. The summed E-state index contributed by atoms with van der Waals surface area (Å²) in [6.45, 7) is 5.25. The first-order valence-corrected chi connectivity index (χ1v) is 7.09. The molecule has 1 N–H and O–H groups in total. The average Bonchev–Trinajstić information content (AvgIpc) is 3.04. The highest BCUT2D eigenvalue weighted by Gasteiger charge is 2.17. The van der Waals surface area contributed by atoms with Crippen LogP contribution in [0.4, 0.5) is 0 Å². The summed E-state index contributed by atoms with van der Waals surface area (Å²) in [5.74, 6) is 1.69. The normalized spacial score (nSPS) is 14.6. The van der Waals surface area contributed by atoms with Crippen LogP contribution < -0.4 is 14.8 Å². The first kappa shape index (κ1) is 12.4. The number of hydrogen-bond donors (Lipinski definition) is 1. The number of aromatic nitrogens is 1. The van der Waals surface area contributed by atoms with Gasteiger partial charge in [-0.1, -0.05) is 12.1 Å². The zero-order valence-corrected chi connectivity index (χ0v) is 11.8. The third-order valence-electron chi connectivity index (χ3n) is 3.09. The molecule has 1 aromatic carbocycles. The number of ether oxygens (including phenoxy) is 2. The molecular weight excluding hydrogens is 260 g/mol. The summed E-state index contributed by atoms with van der Waals surface area (Å²) in [4.78, 5) is 5.64. The summed E-state index contributed by atoms with van der Waals surface area (Å²) in [6.07, 6.45) is 1.91. The van der Waals surface area contributed by atoms with Gasteiger partial charge in [0.15, 0.2) is 11.5 Å². The third-order valence-corrected chi connectivity index (χ3v) is 4.18. The van der Waals surface area contributed by atoms with E-state index in [-0.39, 0.29) is 6.04 Å². The molecule has 5 heteroatoms. The molecule has 1 atom stereocenters. The number of rotatable bonds is 4. The second-order valence-electron chi connectivity index (χ2n) is 4.56. The van der Waals surface area contributed by atoms with Gasteiger partial charge >= 0.3 is 0 Å². The van der Waals surface area contributed by atoms with E-state index in [4.69, 9.17) is 9.47 Å². The second-order valence-corrected chi connectivity index (χ2v) is 5.83. The molecule has 1 unspecified atom stereocenters. The lowest BCUT2D eigenvalue weighted by Gasteiger charge is -2.12. The summed E-state index contributed by atoms with van der Waals surface area (Å²) in [6, 6.07) is 6.21. The first-order valence-electron chi connectivity index (χ1n) is 6.27. The smallest absolute Gasteiger partial charge is 0.231 e. The van der Waals surface area contributed by atoms with Crippen molar-refractivity contribution in [1.29, 1.82) is 0 Å². The molecule has 0 fully saturated rings. The molecule has 0 aliphatic carbocycles. The molecule has 0 bridgehead atoms. The number of benzene rings is 1. The van der Waals surface area contributed by atoms with Crippen molar-refractivity contribution in [3.8, 4) is 11.5 Å². The Kier molecular flexibility index (Phi) is 3.40. The predicted octanol–water partition coefficient (Wildman–Crippen LogP) is 3.03. The summed E-state index contributed by atoms with van der Waals surface area (Å²) < 4.78 is 10.9. The van der Waals surface area contributed by atoms with Crippen LogP contribution in [0.3, 0.4) is 0 Å². The van der Waals surface area contributed by atoms with E-state index in [1.165, 1.54) is 4.88 Å². The minimum Gasteiger partial charge on any atom is -0.454 e. The SMILES string of the molecule is Cc1cnc(C(C)NCc2cccc3c2OCO3)s1. The third kappa shape index (κ3) is 2.57. The predicted molar refractivity (Wildman–Crippen MR) is 74.7 cm³/mol. The molecular formula is C14H16N2O2S. The fourth-order valence-electron chi connectivity index (χ4n) is 2.05. The Balaban J connectivity index is 1.68. The highest BCUT2D eigenvalue weighted by molar-refractivity contribution is 7.11. The second kappa shape index (κ2) is 5.19. The van der Waals surface area contributed by atoms with E-state index in [0.29, 0.717) is 6.79 Å². The van der Waals surface area contributed by atoms with Gasteiger partial charge in [-0.3, -0.25) is 0 Å². The Hall–Kier alpha value is -1.59. The molecule has 100 valence electrons. The van der Waals surface area contributed by atoms with Crippen LogP contribution in [0.5, 0.6) is 11.5 Å². The summed E-state index contributed by atoms with van der Waals surface area (Å²) in [7, 11) is 0. The molecule has 19 heavy (non-hydrogen) atoms. The Bertz CT molecular complexity index is 583. The van der Waals surface area contributed by atoms with Crippen molar-refractivity contribution < 1.29 is 9.47 Å². The summed E-state index contributed by atoms with van der Waals surface area (Å²) >= 11 is 1.73. The van der Waals surface area contributed by atoms with Gasteiger partial charge in [-0.2, -0.15) is 0 Å². The Morgan fingerprint density at radius 3 is 3.11 bits per heavy atom. The van der Waals surface area contributed by atoms with Crippen molar-refractivity contribution in [2.45, 2.75) is 26.4 Å². The van der Waals surface area contributed by atoms with Crippen LogP contribution >= 0.6 is 11.3 Å². The minimum absolute atomic E-state index is 0.233. The highest BCUT2D eigenvalue weighted by atomic mass is 32.1. The monoisotopic (exact) mass is 276 g/mol. The Morgan fingerprint density at radius 2 is 2.32 bits per heavy atom. The molecule has 0 radical (unpaired) electrons. The van der Waals surface area contributed by atoms with Crippen molar-refractivity contribution in [3.63, 3.8) is 0 Å². The lowest BCUT2D eigenvalue weighted by Crippen LogP contribution is -2.18. The molecule has 4 nitrogen and oxygen atoms in total. The average molecular weight is 276 g/mol. The molecule has 3 rings (SSSR count). The number of fused-ring (bicyclic) bond motifs is 1. The van der Waals surface area contributed by atoms with E-state index in [2.05, 4.69) is 30.2 Å². The van der Waals surface area contributed by atoms with Gasteiger partial charge in [0.25, 0.3) is 0 Å². The van der Waals surface area contributed by atoms with Crippen LogP contribution in [0.2, 0.25) is 0 Å². The van der Waals surface area contributed by atoms with Crippen LogP contribution in [0.1, 0.15) is 28.4 Å². The quantitative estimate of drug-likeness (QED) is 0.932. The van der Waals surface area contributed by atoms with E-state index in [9.17, 15) is 0 Å². The zero-order chi connectivity index (χ0) is 13.2. The van der Waals surface area contributed by atoms with E-state index in [1.54, 1.807) is 11.3 Å². The van der Waals surface area contributed by atoms with Gasteiger partial charge in [0.05, 0.1) is 6.04 Å². The van der Waals surface area contributed by atoms with Crippen molar-refractivity contribution >= 4 is 11.3 Å². The van der Waals surface area contributed by atoms with Gasteiger partial charge in [0.1, 0.15) is 5.01 Å². The topological polar surface area (TPSA) is 43.4 Å². The fraction of sp³-hybridized carbons (Fsp3) is 0.357. The molecule has 0 saturated carbocycles. The molecule has 1 aliphatic rings. The molecule has 2 aromatic rings. The van der Waals surface area contributed by atoms with Gasteiger partial charge in [0, 0.05) is 23.2 Å². The van der Waals surface area contributed by atoms with Crippen LogP contribution in [0.25, 0.3) is 0 Å². The van der Waals surface area contributed by atoms with Crippen molar-refractivity contribution in [2.24, 2.45) is 0 Å². The van der Waals surface area contributed by atoms with Crippen molar-refractivity contribution in [1.82, 2.24) is 10.3 Å². The minimum atomic E-state index is 0.233. The molecule has 2 heterocycles. The number of nitrogens with one attached hydrogen (secondary N) is 1. The van der Waals surface area contributed by atoms with Crippen molar-refractivity contribution in [2.75, 3.05) is 6.79 Å². The van der Waals surface area contributed by atoms with Crippen LogP contribution in [0, 0.1) is 6.92 Å².